The molecule has 1 heterocycles. The Morgan fingerprint density at radius 1 is 1.37 bits per heavy atom. The number of hydrogen-bond donors (Lipinski definition) is 2. The molecule has 3 nitrogen and oxygen atoms in total. The molecule has 0 amide bonds. The molecule has 0 aromatic heterocycles. The van der Waals surface area contributed by atoms with Gasteiger partial charge in [0.2, 0.25) is 0 Å². The number of nitrogens with zero attached hydrogens (tertiary/aromatic N) is 1. The van der Waals surface area contributed by atoms with Gasteiger partial charge >= 0.3 is 0 Å². The van der Waals surface area contributed by atoms with Gasteiger partial charge in [-0.25, -0.2) is 8.78 Å². The summed E-state index contributed by atoms with van der Waals surface area (Å²) in [6.45, 7) is 2.34. The van der Waals surface area contributed by atoms with Gasteiger partial charge in [-0.2, -0.15) is 0 Å². The molecule has 1 aromatic carbocycles. The number of benzene rings is 1. The van der Waals surface area contributed by atoms with Crippen molar-refractivity contribution in [2.45, 2.75) is 25.3 Å². The fourth-order valence-corrected chi connectivity index (χ4v) is 2.48. The molecule has 2 N–H and O–H groups in total. The second-order valence-corrected chi connectivity index (χ2v) is 4.89. The first-order chi connectivity index (χ1) is 9.22. The van der Waals surface area contributed by atoms with Crippen molar-refractivity contribution in [1.29, 1.82) is 0 Å². The van der Waals surface area contributed by atoms with E-state index in [1.165, 1.54) is 6.07 Å². The van der Waals surface area contributed by atoms with Gasteiger partial charge in [0, 0.05) is 25.7 Å². The maximum Gasteiger partial charge on any atom is 0.182 e. The molecule has 1 aromatic rings. The molecule has 106 valence electrons. The third kappa shape index (κ3) is 3.64. The number of hydrogen-bond acceptors (Lipinski definition) is 3. The molecule has 1 unspecified atom stereocenters. The van der Waals surface area contributed by atoms with Gasteiger partial charge in [0.15, 0.2) is 11.6 Å². The van der Waals surface area contributed by atoms with E-state index in [9.17, 15) is 8.78 Å². The van der Waals surface area contributed by atoms with Gasteiger partial charge in [0.25, 0.3) is 0 Å². The Morgan fingerprint density at radius 2 is 2.21 bits per heavy atom. The SMILES string of the molecule is OCCCNC1CCCN(c2cccc(F)c2F)C1. The molecule has 0 saturated carbocycles. The molecule has 19 heavy (non-hydrogen) atoms. The van der Waals surface area contributed by atoms with Crippen LogP contribution in [0.2, 0.25) is 0 Å². The van der Waals surface area contributed by atoms with Crippen molar-refractivity contribution >= 4 is 5.69 Å². The highest BCUT2D eigenvalue weighted by molar-refractivity contribution is 5.48. The number of piperidine rings is 1. The Balaban J connectivity index is 1.98. The molecule has 0 aliphatic carbocycles. The Kier molecular flexibility index (Phi) is 5.10. The summed E-state index contributed by atoms with van der Waals surface area (Å²) in [6.07, 6.45) is 2.69. The number of nitrogens with one attached hydrogen (secondary N) is 1. The highest BCUT2D eigenvalue weighted by atomic mass is 19.2. The van der Waals surface area contributed by atoms with Gasteiger partial charge in [-0.3, -0.25) is 0 Å². The lowest BCUT2D eigenvalue weighted by molar-refractivity contribution is 0.280. The minimum Gasteiger partial charge on any atom is -0.396 e. The quantitative estimate of drug-likeness (QED) is 0.802. The third-order valence-electron chi connectivity index (χ3n) is 3.46. The van der Waals surface area contributed by atoms with Gasteiger partial charge in [0.1, 0.15) is 0 Å². The van der Waals surface area contributed by atoms with E-state index in [1.54, 1.807) is 6.07 Å². The van der Waals surface area contributed by atoms with Crippen LogP contribution in [0, 0.1) is 11.6 Å². The fourth-order valence-electron chi connectivity index (χ4n) is 2.48. The van der Waals surface area contributed by atoms with Crippen LogP contribution >= 0.6 is 0 Å². The fraction of sp³-hybridized carbons (Fsp3) is 0.571. The van der Waals surface area contributed by atoms with Gasteiger partial charge < -0.3 is 15.3 Å². The molecule has 2 rings (SSSR count). The molecule has 0 bridgehead atoms. The van der Waals surface area contributed by atoms with E-state index in [0.29, 0.717) is 18.7 Å². The van der Waals surface area contributed by atoms with E-state index in [0.717, 1.165) is 32.0 Å². The topological polar surface area (TPSA) is 35.5 Å². The summed E-state index contributed by atoms with van der Waals surface area (Å²) in [7, 11) is 0. The van der Waals surface area contributed by atoms with Crippen LogP contribution in [0.1, 0.15) is 19.3 Å². The smallest absolute Gasteiger partial charge is 0.182 e. The number of aliphatic hydroxyl groups excluding tert-OH is 1. The van der Waals surface area contributed by atoms with Crippen molar-refractivity contribution in [2.24, 2.45) is 0 Å². The number of anilines is 1. The van der Waals surface area contributed by atoms with Gasteiger partial charge in [-0.05, 0) is 37.9 Å². The van der Waals surface area contributed by atoms with Gasteiger partial charge in [-0.15, -0.1) is 0 Å². The van der Waals surface area contributed by atoms with Crippen LogP contribution in [-0.4, -0.2) is 37.4 Å². The van der Waals surface area contributed by atoms with Crippen molar-refractivity contribution in [3.05, 3.63) is 29.8 Å². The zero-order valence-electron chi connectivity index (χ0n) is 10.9. The highest BCUT2D eigenvalue weighted by Gasteiger charge is 2.22. The van der Waals surface area contributed by atoms with Gasteiger partial charge in [-0.1, -0.05) is 6.07 Å². The van der Waals surface area contributed by atoms with E-state index in [2.05, 4.69) is 5.32 Å². The predicted molar refractivity (Wildman–Crippen MR) is 71.3 cm³/mol. The Bertz CT molecular complexity index is 414. The zero-order valence-corrected chi connectivity index (χ0v) is 10.9. The predicted octanol–water partition coefficient (Wildman–Crippen LogP) is 1.91. The lowest BCUT2D eigenvalue weighted by atomic mass is 10.0. The summed E-state index contributed by atoms with van der Waals surface area (Å²) in [5.41, 5.74) is 0.341. The molecular formula is C14H20F2N2O. The van der Waals surface area contributed by atoms with Crippen LogP contribution in [0.5, 0.6) is 0 Å². The minimum atomic E-state index is -0.798. The molecule has 1 atom stereocenters. The van der Waals surface area contributed by atoms with Crippen molar-refractivity contribution < 1.29 is 13.9 Å². The van der Waals surface area contributed by atoms with E-state index in [-0.39, 0.29) is 12.6 Å². The Hall–Kier alpha value is -1.20. The molecule has 5 heteroatoms. The summed E-state index contributed by atoms with van der Waals surface area (Å²) in [4.78, 5) is 1.89. The summed E-state index contributed by atoms with van der Waals surface area (Å²) in [6, 6.07) is 4.56. The largest absolute Gasteiger partial charge is 0.396 e. The van der Waals surface area contributed by atoms with Crippen molar-refractivity contribution in [3.63, 3.8) is 0 Å². The van der Waals surface area contributed by atoms with Gasteiger partial charge in [0.05, 0.1) is 5.69 Å². The Morgan fingerprint density at radius 3 is 3.00 bits per heavy atom. The van der Waals surface area contributed by atoms with Crippen molar-refractivity contribution in [1.82, 2.24) is 5.32 Å². The van der Waals surface area contributed by atoms with E-state index in [4.69, 9.17) is 5.11 Å². The average molecular weight is 270 g/mol. The number of aliphatic hydroxyl groups is 1. The normalized spacial score (nSPS) is 19.7. The van der Waals surface area contributed by atoms with Crippen LogP contribution in [0.25, 0.3) is 0 Å². The molecule has 1 aliphatic rings. The second kappa shape index (κ2) is 6.82. The summed E-state index contributed by atoms with van der Waals surface area (Å²) in [5, 5.41) is 12.1. The van der Waals surface area contributed by atoms with Crippen LogP contribution < -0.4 is 10.2 Å². The highest BCUT2D eigenvalue weighted by Crippen LogP contribution is 2.24. The first-order valence-electron chi connectivity index (χ1n) is 6.75. The van der Waals surface area contributed by atoms with Crippen molar-refractivity contribution in [3.8, 4) is 0 Å². The monoisotopic (exact) mass is 270 g/mol. The Labute approximate surface area is 112 Å². The van der Waals surface area contributed by atoms with Crippen LogP contribution in [0.3, 0.4) is 0 Å². The van der Waals surface area contributed by atoms with E-state index in [1.807, 2.05) is 4.90 Å². The maximum atomic E-state index is 13.7. The minimum absolute atomic E-state index is 0.169. The lowest BCUT2D eigenvalue weighted by Gasteiger charge is -2.35. The standard InChI is InChI=1S/C14H20F2N2O/c15-12-5-1-6-13(14(12)16)18-8-2-4-11(10-18)17-7-3-9-19/h1,5-6,11,17,19H,2-4,7-10H2. The molecular weight excluding hydrogens is 250 g/mol. The van der Waals surface area contributed by atoms with Crippen LogP contribution in [-0.2, 0) is 0 Å². The molecule has 1 aliphatic heterocycles. The maximum absolute atomic E-state index is 13.7. The van der Waals surface area contributed by atoms with Crippen molar-refractivity contribution in [2.75, 3.05) is 31.1 Å². The molecule has 1 saturated heterocycles. The number of halogens is 2. The van der Waals surface area contributed by atoms with E-state index >= 15 is 0 Å². The van der Waals surface area contributed by atoms with Crippen LogP contribution in [0.4, 0.5) is 14.5 Å². The first-order valence-corrected chi connectivity index (χ1v) is 6.75. The summed E-state index contributed by atoms with van der Waals surface area (Å²) in [5.74, 6) is -1.56. The first kappa shape index (κ1) is 14.2. The second-order valence-electron chi connectivity index (χ2n) is 4.89. The molecule has 0 spiro atoms. The third-order valence-corrected chi connectivity index (χ3v) is 3.46. The molecule has 1 fully saturated rings. The molecule has 0 radical (unpaired) electrons. The summed E-state index contributed by atoms with van der Waals surface area (Å²) >= 11 is 0. The van der Waals surface area contributed by atoms with Crippen LogP contribution in [0.15, 0.2) is 18.2 Å². The average Bonchev–Trinajstić information content (AvgIpc) is 2.43. The van der Waals surface area contributed by atoms with E-state index < -0.39 is 11.6 Å². The lowest BCUT2D eigenvalue weighted by Crippen LogP contribution is -2.46. The zero-order chi connectivity index (χ0) is 13.7. The summed E-state index contributed by atoms with van der Waals surface area (Å²) < 4.78 is 27.0. The number of rotatable bonds is 5.